The lowest BCUT2D eigenvalue weighted by Crippen LogP contribution is -2.21. The van der Waals surface area contributed by atoms with E-state index in [1.165, 1.54) is 17.1 Å². The van der Waals surface area contributed by atoms with Gasteiger partial charge in [-0.3, -0.25) is 4.79 Å². The zero-order chi connectivity index (χ0) is 20.2. The Morgan fingerprint density at radius 3 is 2.52 bits per heavy atom. The van der Waals surface area contributed by atoms with Crippen molar-refractivity contribution in [3.8, 4) is 5.75 Å². The highest BCUT2D eigenvalue weighted by Crippen LogP contribution is 2.25. The highest BCUT2D eigenvalue weighted by atomic mass is 19.1. The van der Waals surface area contributed by atoms with Crippen molar-refractivity contribution in [2.24, 2.45) is 5.10 Å². The molecule has 3 aromatic rings. The Labute approximate surface area is 168 Å². The van der Waals surface area contributed by atoms with Gasteiger partial charge in [0.1, 0.15) is 18.2 Å². The lowest BCUT2D eigenvalue weighted by molar-refractivity contribution is -0.114. The van der Waals surface area contributed by atoms with Crippen molar-refractivity contribution in [3.05, 3.63) is 101 Å². The second kappa shape index (κ2) is 8.10. The number of hydrogen-bond donors (Lipinski definition) is 0. The van der Waals surface area contributed by atoms with Gasteiger partial charge in [0, 0.05) is 0 Å². The van der Waals surface area contributed by atoms with Crippen LogP contribution in [0.25, 0.3) is 6.08 Å². The van der Waals surface area contributed by atoms with E-state index >= 15 is 0 Å². The van der Waals surface area contributed by atoms with Crippen molar-refractivity contribution in [3.63, 3.8) is 0 Å². The van der Waals surface area contributed by atoms with Crippen molar-refractivity contribution in [1.82, 2.24) is 0 Å². The number of ether oxygens (including phenoxy) is 1. The maximum absolute atomic E-state index is 13.0. The van der Waals surface area contributed by atoms with E-state index in [9.17, 15) is 9.18 Å². The Kier molecular flexibility index (Phi) is 5.20. The molecule has 0 radical (unpaired) electrons. The van der Waals surface area contributed by atoms with E-state index in [0.29, 0.717) is 23.6 Å². The number of anilines is 1. The minimum Gasteiger partial charge on any atom is -0.489 e. The van der Waals surface area contributed by atoms with Crippen LogP contribution in [0.2, 0.25) is 0 Å². The molecule has 0 saturated heterocycles. The number of carbonyl (C=O) groups is 1. The summed E-state index contributed by atoms with van der Waals surface area (Å²) in [5, 5.41) is 5.81. The maximum Gasteiger partial charge on any atom is 0.280 e. The van der Waals surface area contributed by atoms with Crippen LogP contribution >= 0.6 is 0 Å². The number of rotatable bonds is 5. The third-order valence-corrected chi connectivity index (χ3v) is 4.55. The van der Waals surface area contributed by atoms with Gasteiger partial charge in [-0.1, -0.05) is 42.5 Å². The molecular weight excluding hydrogens is 367 g/mol. The summed E-state index contributed by atoms with van der Waals surface area (Å²) in [4.78, 5) is 12.8. The Morgan fingerprint density at radius 2 is 1.76 bits per heavy atom. The highest BCUT2D eigenvalue weighted by Gasteiger charge is 2.28. The summed E-state index contributed by atoms with van der Waals surface area (Å²) in [5.41, 5.74) is 3.66. The molecule has 0 atom stereocenters. The molecule has 0 fully saturated rings. The highest BCUT2D eigenvalue weighted by molar-refractivity contribution is 6.32. The van der Waals surface area contributed by atoms with Gasteiger partial charge in [0.2, 0.25) is 0 Å². The summed E-state index contributed by atoms with van der Waals surface area (Å²) in [5.74, 6) is 0.236. The van der Waals surface area contributed by atoms with Crippen LogP contribution in [-0.2, 0) is 11.4 Å². The largest absolute Gasteiger partial charge is 0.489 e. The monoisotopic (exact) mass is 386 g/mol. The molecule has 4 nitrogen and oxygen atoms in total. The summed E-state index contributed by atoms with van der Waals surface area (Å²) in [6, 6.07) is 23.0. The van der Waals surface area contributed by atoms with E-state index in [0.717, 1.165) is 16.8 Å². The molecular formula is C24H19FN2O2. The van der Waals surface area contributed by atoms with Gasteiger partial charge in [0.25, 0.3) is 5.91 Å². The quantitative estimate of drug-likeness (QED) is 0.565. The number of amides is 1. The molecule has 5 heteroatoms. The predicted molar refractivity (Wildman–Crippen MR) is 112 cm³/mol. The van der Waals surface area contributed by atoms with E-state index in [4.69, 9.17) is 4.74 Å². The summed E-state index contributed by atoms with van der Waals surface area (Å²) in [6.45, 7) is 2.16. The van der Waals surface area contributed by atoms with Crippen molar-refractivity contribution in [1.29, 1.82) is 0 Å². The number of nitrogens with zero attached hydrogens (tertiary/aromatic N) is 2. The molecule has 4 rings (SSSR count). The van der Waals surface area contributed by atoms with Crippen LogP contribution in [0, 0.1) is 5.82 Å². The molecule has 3 aromatic carbocycles. The zero-order valence-corrected chi connectivity index (χ0v) is 15.9. The van der Waals surface area contributed by atoms with Crippen LogP contribution in [0.15, 0.2) is 89.5 Å². The van der Waals surface area contributed by atoms with Gasteiger partial charge < -0.3 is 4.74 Å². The van der Waals surface area contributed by atoms with E-state index < -0.39 is 0 Å². The summed E-state index contributed by atoms with van der Waals surface area (Å²) < 4.78 is 18.8. The number of benzene rings is 3. The maximum atomic E-state index is 13.0. The lowest BCUT2D eigenvalue weighted by Gasteiger charge is -2.11. The van der Waals surface area contributed by atoms with Crippen LogP contribution < -0.4 is 9.75 Å². The normalized spacial score (nSPS) is 15.0. The van der Waals surface area contributed by atoms with Gasteiger partial charge in [0.05, 0.1) is 17.0 Å². The Morgan fingerprint density at radius 1 is 1.00 bits per heavy atom. The van der Waals surface area contributed by atoms with E-state index in [2.05, 4.69) is 5.10 Å². The number of carbonyl (C=O) groups excluding carboxylic acids is 1. The molecule has 0 bridgehead atoms. The molecule has 1 aliphatic heterocycles. The number of hydrogen-bond acceptors (Lipinski definition) is 3. The van der Waals surface area contributed by atoms with Crippen molar-refractivity contribution in [2.45, 2.75) is 13.5 Å². The second-order valence-corrected chi connectivity index (χ2v) is 6.68. The smallest absolute Gasteiger partial charge is 0.280 e. The van der Waals surface area contributed by atoms with Gasteiger partial charge in [-0.25, -0.2) is 4.39 Å². The van der Waals surface area contributed by atoms with Gasteiger partial charge in [-0.05, 0) is 60.5 Å². The molecule has 1 heterocycles. The first-order valence-corrected chi connectivity index (χ1v) is 9.24. The first-order chi connectivity index (χ1) is 14.1. The summed E-state index contributed by atoms with van der Waals surface area (Å²) in [7, 11) is 0. The topological polar surface area (TPSA) is 41.9 Å². The summed E-state index contributed by atoms with van der Waals surface area (Å²) in [6.07, 6.45) is 1.81. The molecule has 0 unspecified atom stereocenters. The number of hydrazone groups is 1. The SMILES string of the molecule is CC1=NN(c2ccccc2)C(=O)/C1=C/c1cccc(OCc2ccc(F)cc2)c1. The standard InChI is InChI=1S/C24H19FN2O2/c1-17-23(24(28)27(26-17)21-7-3-2-4-8-21)15-19-6-5-9-22(14-19)29-16-18-10-12-20(25)13-11-18/h2-15H,16H2,1H3/b23-15+. The van der Waals surface area contributed by atoms with E-state index in [-0.39, 0.29) is 11.7 Å². The van der Waals surface area contributed by atoms with Crippen LogP contribution in [0.1, 0.15) is 18.1 Å². The Balaban J connectivity index is 1.51. The fourth-order valence-corrected chi connectivity index (χ4v) is 3.04. The molecule has 0 spiro atoms. The Hall–Kier alpha value is -3.73. The third kappa shape index (κ3) is 4.24. The van der Waals surface area contributed by atoms with Crippen LogP contribution in [0.3, 0.4) is 0 Å². The zero-order valence-electron chi connectivity index (χ0n) is 15.9. The average molecular weight is 386 g/mol. The fourth-order valence-electron chi connectivity index (χ4n) is 3.04. The third-order valence-electron chi connectivity index (χ3n) is 4.55. The van der Waals surface area contributed by atoms with Gasteiger partial charge in [0.15, 0.2) is 0 Å². The van der Waals surface area contributed by atoms with Crippen LogP contribution in [0.5, 0.6) is 5.75 Å². The van der Waals surface area contributed by atoms with Crippen molar-refractivity contribution < 1.29 is 13.9 Å². The number of para-hydroxylation sites is 1. The summed E-state index contributed by atoms with van der Waals surface area (Å²) >= 11 is 0. The van der Waals surface area contributed by atoms with Gasteiger partial charge in [-0.15, -0.1) is 0 Å². The number of halogens is 1. The molecule has 1 amide bonds. The first-order valence-electron chi connectivity index (χ1n) is 9.24. The molecule has 0 N–H and O–H groups in total. The molecule has 144 valence electrons. The van der Waals surface area contributed by atoms with Crippen molar-refractivity contribution >= 4 is 23.4 Å². The lowest BCUT2D eigenvalue weighted by atomic mass is 10.1. The Bertz CT molecular complexity index is 1090. The van der Waals surface area contributed by atoms with Crippen LogP contribution in [0.4, 0.5) is 10.1 Å². The minimum atomic E-state index is -0.273. The first kappa shape index (κ1) is 18.6. The van der Waals surface area contributed by atoms with E-state index in [1.54, 1.807) is 12.1 Å². The molecule has 0 saturated carbocycles. The predicted octanol–water partition coefficient (Wildman–Crippen LogP) is 5.21. The minimum absolute atomic E-state index is 0.161. The van der Waals surface area contributed by atoms with Crippen LogP contribution in [-0.4, -0.2) is 11.6 Å². The second-order valence-electron chi connectivity index (χ2n) is 6.68. The van der Waals surface area contributed by atoms with Crippen molar-refractivity contribution in [2.75, 3.05) is 5.01 Å². The average Bonchev–Trinajstić information content (AvgIpc) is 3.03. The molecule has 1 aliphatic rings. The molecule has 0 aliphatic carbocycles. The van der Waals surface area contributed by atoms with E-state index in [1.807, 2.05) is 67.6 Å². The molecule has 0 aromatic heterocycles. The molecule has 29 heavy (non-hydrogen) atoms. The fraction of sp³-hybridized carbons (Fsp3) is 0.0833. The van der Waals surface area contributed by atoms with Gasteiger partial charge >= 0.3 is 0 Å². The van der Waals surface area contributed by atoms with Gasteiger partial charge in [-0.2, -0.15) is 10.1 Å².